The van der Waals surface area contributed by atoms with E-state index in [1.807, 2.05) is 37.6 Å². The highest BCUT2D eigenvalue weighted by Crippen LogP contribution is 2.29. The predicted octanol–water partition coefficient (Wildman–Crippen LogP) is 3.53. The van der Waals surface area contributed by atoms with E-state index in [0.29, 0.717) is 23.3 Å². The molecule has 114 valence electrons. The zero-order chi connectivity index (χ0) is 15.9. The minimum atomic E-state index is -0.918. The molecule has 3 aromatic rings. The van der Waals surface area contributed by atoms with Crippen LogP contribution in [0.4, 0.5) is 0 Å². The number of aryl methyl sites for hydroxylation is 2. The Morgan fingerprint density at radius 3 is 2.82 bits per heavy atom. The molecule has 0 radical (unpaired) electrons. The number of aromatic carboxylic acids is 1. The third-order valence-electron chi connectivity index (χ3n) is 3.73. The smallest absolute Gasteiger partial charge is 0.338 e. The number of fused-ring (bicyclic) bond motifs is 1. The number of nitrogens with zero attached hydrogens (tertiary/aromatic N) is 2. The van der Waals surface area contributed by atoms with Crippen molar-refractivity contribution >= 4 is 28.2 Å². The zero-order valence-electron chi connectivity index (χ0n) is 12.6. The summed E-state index contributed by atoms with van der Waals surface area (Å²) in [5.41, 5.74) is 1.95. The highest BCUT2D eigenvalue weighted by atomic mass is 32.1. The van der Waals surface area contributed by atoms with Crippen molar-refractivity contribution in [2.24, 2.45) is 7.05 Å². The SMILES string of the molecule is Cc1ncc(COc2ccc3c(c2)c(C(=O)O)c(C)n3C)s1. The van der Waals surface area contributed by atoms with Crippen LogP contribution in [-0.2, 0) is 13.7 Å². The molecule has 22 heavy (non-hydrogen) atoms. The standard InChI is InChI=1S/C16H16N2O3S/c1-9-15(16(19)20)13-6-11(4-5-14(13)18(9)3)21-8-12-7-17-10(2)22-12/h4-7H,8H2,1-3H3,(H,19,20). The first kappa shape index (κ1) is 14.6. The van der Waals surface area contributed by atoms with Crippen LogP contribution in [0.5, 0.6) is 5.75 Å². The first-order valence-corrected chi connectivity index (χ1v) is 7.65. The Balaban J connectivity index is 1.95. The fraction of sp³-hybridized carbons (Fsp3) is 0.250. The third-order valence-corrected chi connectivity index (χ3v) is 4.61. The van der Waals surface area contributed by atoms with Gasteiger partial charge in [-0.15, -0.1) is 11.3 Å². The van der Waals surface area contributed by atoms with Gasteiger partial charge in [0.1, 0.15) is 12.4 Å². The molecule has 0 atom stereocenters. The molecular weight excluding hydrogens is 300 g/mol. The quantitative estimate of drug-likeness (QED) is 0.800. The molecule has 0 aliphatic heterocycles. The van der Waals surface area contributed by atoms with Crippen molar-refractivity contribution in [1.82, 2.24) is 9.55 Å². The minimum absolute atomic E-state index is 0.330. The Bertz CT molecular complexity index is 864. The molecule has 3 rings (SSSR count). The average Bonchev–Trinajstić information content (AvgIpc) is 2.99. The molecule has 6 heteroatoms. The number of carboxylic acids is 1. The number of ether oxygens (including phenoxy) is 1. The van der Waals surface area contributed by atoms with Crippen molar-refractivity contribution in [2.75, 3.05) is 0 Å². The second-order valence-corrected chi connectivity index (χ2v) is 6.46. The molecule has 0 fully saturated rings. The van der Waals surface area contributed by atoms with Crippen LogP contribution in [-0.4, -0.2) is 20.6 Å². The van der Waals surface area contributed by atoms with Crippen LogP contribution in [0.15, 0.2) is 24.4 Å². The minimum Gasteiger partial charge on any atom is -0.488 e. The van der Waals surface area contributed by atoms with Gasteiger partial charge in [-0.2, -0.15) is 0 Å². The van der Waals surface area contributed by atoms with Crippen molar-refractivity contribution < 1.29 is 14.6 Å². The summed E-state index contributed by atoms with van der Waals surface area (Å²) < 4.78 is 7.65. The Morgan fingerprint density at radius 2 is 2.18 bits per heavy atom. The van der Waals surface area contributed by atoms with E-state index in [2.05, 4.69) is 4.98 Å². The van der Waals surface area contributed by atoms with Gasteiger partial charge >= 0.3 is 5.97 Å². The van der Waals surface area contributed by atoms with Gasteiger partial charge in [-0.3, -0.25) is 0 Å². The van der Waals surface area contributed by atoms with Gasteiger partial charge in [0, 0.05) is 29.8 Å². The molecule has 0 amide bonds. The molecule has 2 heterocycles. The van der Waals surface area contributed by atoms with E-state index in [9.17, 15) is 9.90 Å². The van der Waals surface area contributed by atoms with E-state index in [0.717, 1.165) is 21.1 Å². The summed E-state index contributed by atoms with van der Waals surface area (Å²) in [7, 11) is 1.87. The Labute approximate surface area is 131 Å². The number of carboxylic acid groups (broad SMARTS) is 1. The summed E-state index contributed by atoms with van der Waals surface area (Å²) in [6.45, 7) is 4.20. The second-order valence-electron chi connectivity index (χ2n) is 5.14. The monoisotopic (exact) mass is 316 g/mol. The highest BCUT2D eigenvalue weighted by molar-refractivity contribution is 7.11. The van der Waals surface area contributed by atoms with Gasteiger partial charge in [-0.25, -0.2) is 9.78 Å². The van der Waals surface area contributed by atoms with E-state index in [4.69, 9.17) is 4.74 Å². The summed E-state index contributed by atoms with van der Waals surface area (Å²) in [6, 6.07) is 5.54. The fourth-order valence-corrected chi connectivity index (χ4v) is 3.25. The lowest BCUT2D eigenvalue weighted by Crippen LogP contribution is -1.99. The van der Waals surface area contributed by atoms with Gasteiger partial charge in [0.25, 0.3) is 0 Å². The van der Waals surface area contributed by atoms with Gasteiger partial charge in [-0.05, 0) is 32.0 Å². The van der Waals surface area contributed by atoms with E-state index in [1.54, 1.807) is 23.6 Å². The maximum Gasteiger partial charge on any atom is 0.338 e. The second kappa shape index (κ2) is 5.46. The molecule has 1 N–H and O–H groups in total. The Hall–Kier alpha value is -2.34. The number of thiazole rings is 1. The lowest BCUT2D eigenvalue weighted by molar-refractivity contribution is 0.0698. The van der Waals surface area contributed by atoms with Crippen LogP contribution < -0.4 is 4.74 Å². The Morgan fingerprint density at radius 1 is 1.41 bits per heavy atom. The van der Waals surface area contributed by atoms with Crippen molar-refractivity contribution in [3.8, 4) is 5.75 Å². The molecule has 0 aliphatic rings. The van der Waals surface area contributed by atoms with Gasteiger partial charge in [0.2, 0.25) is 0 Å². The molecule has 0 unspecified atom stereocenters. The molecule has 0 saturated carbocycles. The number of rotatable bonds is 4. The molecule has 1 aromatic carbocycles. The highest BCUT2D eigenvalue weighted by Gasteiger charge is 2.18. The molecule has 5 nitrogen and oxygen atoms in total. The van der Waals surface area contributed by atoms with Crippen LogP contribution >= 0.6 is 11.3 Å². The van der Waals surface area contributed by atoms with Gasteiger partial charge in [0.15, 0.2) is 0 Å². The van der Waals surface area contributed by atoms with E-state index in [1.165, 1.54) is 0 Å². The van der Waals surface area contributed by atoms with Gasteiger partial charge in [-0.1, -0.05) is 0 Å². The normalized spacial score (nSPS) is 11.0. The van der Waals surface area contributed by atoms with Crippen molar-refractivity contribution in [3.63, 3.8) is 0 Å². The van der Waals surface area contributed by atoms with Crippen LogP contribution in [0.3, 0.4) is 0 Å². The summed E-state index contributed by atoms with van der Waals surface area (Å²) in [5, 5.41) is 11.1. The molecule has 0 aliphatic carbocycles. The zero-order valence-corrected chi connectivity index (χ0v) is 13.4. The maximum atomic E-state index is 11.5. The summed E-state index contributed by atoms with van der Waals surface area (Å²) in [4.78, 5) is 16.7. The topological polar surface area (TPSA) is 64.3 Å². The van der Waals surface area contributed by atoms with Crippen LogP contribution in [0.2, 0.25) is 0 Å². The van der Waals surface area contributed by atoms with E-state index >= 15 is 0 Å². The average molecular weight is 316 g/mol. The lowest BCUT2D eigenvalue weighted by Gasteiger charge is -2.05. The maximum absolute atomic E-state index is 11.5. The predicted molar refractivity (Wildman–Crippen MR) is 85.8 cm³/mol. The van der Waals surface area contributed by atoms with Crippen LogP contribution in [0.25, 0.3) is 10.9 Å². The van der Waals surface area contributed by atoms with Crippen molar-refractivity contribution in [3.05, 3.63) is 45.5 Å². The number of hydrogen-bond acceptors (Lipinski definition) is 4. The number of benzene rings is 1. The lowest BCUT2D eigenvalue weighted by atomic mass is 10.1. The first-order valence-electron chi connectivity index (χ1n) is 6.84. The van der Waals surface area contributed by atoms with Crippen LogP contribution in [0, 0.1) is 13.8 Å². The largest absolute Gasteiger partial charge is 0.488 e. The Kier molecular flexibility index (Phi) is 3.62. The molecule has 0 saturated heterocycles. The molecular formula is C16H16N2O3S. The number of carbonyl (C=O) groups is 1. The summed E-state index contributed by atoms with van der Waals surface area (Å²) in [5.74, 6) is -0.259. The summed E-state index contributed by atoms with van der Waals surface area (Å²) >= 11 is 1.59. The number of aromatic nitrogens is 2. The van der Waals surface area contributed by atoms with Gasteiger partial charge in [0.05, 0.1) is 15.4 Å². The van der Waals surface area contributed by atoms with E-state index < -0.39 is 5.97 Å². The van der Waals surface area contributed by atoms with Gasteiger partial charge < -0.3 is 14.4 Å². The van der Waals surface area contributed by atoms with Crippen LogP contribution in [0.1, 0.15) is 25.9 Å². The first-order chi connectivity index (χ1) is 10.5. The number of hydrogen-bond donors (Lipinski definition) is 1. The molecule has 0 bridgehead atoms. The van der Waals surface area contributed by atoms with Crippen molar-refractivity contribution in [1.29, 1.82) is 0 Å². The fourth-order valence-electron chi connectivity index (χ4n) is 2.54. The molecule has 2 aromatic heterocycles. The van der Waals surface area contributed by atoms with Crippen molar-refractivity contribution in [2.45, 2.75) is 20.5 Å². The summed E-state index contributed by atoms with van der Waals surface area (Å²) in [6.07, 6.45) is 1.80. The van der Waals surface area contributed by atoms with E-state index in [-0.39, 0.29) is 0 Å². The molecule has 0 spiro atoms. The third kappa shape index (κ3) is 2.46.